The standard InChI is InChI=1S/C21H18ClNO3S.CH3NO2/c22-18-5-7-19(8-6-18)26-20-9-11-21(12-10-20)27(24,25)23-14-13-16-3-1-2-4-17(16)15-23;2-1(3)4/h1-12H,13-15H2;2H2,(H,3,4). The van der Waals surface area contributed by atoms with Gasteiger partial charge in [-0.25, -0.2) is 13.2 Å². The summed E-state index contributed by atoms with van der Waals surface area (Å²) in [6.07, 6.45) is -0.604. The fourth-order valence-electron chi connectivity index (χ4n) is 3.14. The Morgan fingerprint density at radius 1 is 0.935 bits per heavy atom. The summed E-state index contributed by atoms with van der Waals surface area (Å²) in [7, 11) is -3.54. The van der Waals surface area contributed by atoms with Crippen LogP contribution in [0.5, 0.6) is 11.5 Å². The summed E-state index contributed by atoms with van der Waals surface area (Å²) < 4.78 is 33.2. The molecule has 1 amide bonds. The van der Waals surface area contributed by atoms with Gasteiger partial charge in [-0.1, -0.05) is 35.9 Å². The van der Waals surface area contributed by atoms with E-state index in [1.54, 1.807) is 48.5 Å². The van der Waals surface area contributed by atoms with Gasteiger partial charge in [0.05, 0.1) is 4.90 Å². The third kappa shape index (κ3) is 5.97. The molecule has 3 aromatic carbocycles. The van der Waals surface area contributed by atoms with Gasteiger partial charge >= 0.3 is 6.09 Å². The molecule has 1 heterocycles. The van der Waals surface area contributed by atoms with Crippen LogP contribution in [0.3, 0.4) is 0 Å². The summed E-state index contributed by atoms with van der Waals surface area (Å²) in [6, 6.07) is 21.5. The first-order valence-electron chi connectivity index (χ1n) is 9.34. The third-order valence-corrected chi connectivity index (χ3v) is 6.72. The van der Waals surface area contributed by atoms with Crippen molar-refractivity contribution >= 4 is 27.7 Å². The molecule has 0 atom stereocenters. The van der Waals surface area contributed by atoms with Gasteiger partial charge in [-0.05, 0) is 66.1 Å². The second kappa shape index (κ2) is 9.82. The number of hydrogen-bond acceptors (Lipinski definition) is 4. The van der Waals surface area contributed by atoms with Gasteiger partial charge in [0.15, 0.2) is 0 Å². The van der Waals surface area contributed by atoms with Crippen LogP contribution in [0.1, 0.15) is 11.1 Å². The van der Waals surface area contributed by atoms with Crippen molar-refractivity contribution in [3.05, 3.63) is 88.9 Å². The molecule has 4 rings (SSSR count). The van der Waals surface area contributed by atoms with Crippen molar-refractivity contribution in [2.45, 2.75) is 17.9 Å². The summed E-state index contributed by atoms with van der Waals surface area (Å²) in [6.45, 7) is 0.893. The summed E-state index contributed by atoms with van der Waals surface area (Å²) in [5, 5.41) is 7.83. The zero-order valence-corrected chi connectivity index (χ0v) is 18.0. The van der Waals surface area contributed by atoms with Crippen LogP contribution in [0.2, 0.25) is 5.02 Å². The summed E-state index contributed by atoms with van der Waals surface area (Å²) >= 11 is 5.86. The minimum atomic E-state index is -3.54. The molecule has 7 nitrogen and oxygen atoms in total. The number of nitrogens with two attached hydrogens (primary N) is 1. The van der Waals surface area contributed by atoms with Crippen molar-refractivity contribution < 1.29 is 23.1 Å². The highest BCUT2D eigenvalue weighted by Crippen LogP contribution is 2.28. The lowest BCUT2D eigenvalue weighted by Crippen LogP contribution is -2.35. The summed E-state index contributed by atoms with van der Waals surface area (Å²) in [5.74, 6) is 1.21. The van der Waals surface area contributed by atoms with E-state index in [-0.39, 0.29) is 4.90 Å². The zero-order chi connectivity index (χ0) is 22.4. The molecule has 3 aromatic rings. The first kappa shape index (κ1) is 22.6. The number of rotatable bonds is 4. The molecule has 31 heavy (non-hydrogen) atoms. The average Bonchev–Trinajstić information content (AvgIpc) is 2.75. The Kier molecular flexibility index (Phi) is 7.17. The zero-order valence-electron chi connectivity index (χ0n) is 16.4. The fraction of sp³-hybridized carbons (Fsp3) is 0.136. The smallest absolute Gasteiger partial charge is 0.402 e. The van der Waals surface area contributed by atoms with Crippen molar-refractivity contribution in [3.63, 3.8) is 0 Å². The summed E-state index contributed by atoms with van der Waals surface area (Å²) in [4.78, 5) is 9.05. The number of nitrogens with zero attached hydrogens (tertiary/aromatic N) is 1. The fourth-order valence-corrected chi connectivity index (χ4v) is 4.69. The lowest BCUT2D eigenvalue weighted by atomic mass is 10.0. The predicted octanol–water partition coefficient (Wildman–Crippen LogP) is 4.50. The number of fused-ring (bicyclic) bond motifs is 1. The molecule has 1 aliphatic heterocycles. The van der Waals surface area contributed by atoms with E-state index in [1.807, 2.05) is 18.2 Å². The van der Waals surface area contributed by atoms with E-state index in [4.69, 9.17) is 26.2 Å². The van der Waals surface area contributed by atoms with E-state index >= 15 is 0 Å². The molecule has 0 unspecified atom stereocenters. The Bertz CT molecular complexity index is 1150. The van der Waals surface area contributed by atoms with Gasteiger partial charge in [-0.15, -0.1) is 0 Å². The van der Waals surface area contributed by atoms with E-state index < -0.39 is 16.1 Å². The third-order valence-electron chi connectivity index (χ3n) is 4.61. The van der Waals surface area contributed by atoms with Crippen LogP contribution in [0.4, 0.5) is 4.79 Å². The van der Waals surface area contributed by atoms with E-state index in [9.17, 15) is 8.42 Å². The SMILES string of the molecule is NC(=O)O.O=S(=O)(c1ccc(Oc2ccc(Cl)cc2)cc1)N1CCc2ccccc2C1. The van der Waals surface area contributed by atoms with Crippen molar-refractivity contribution in [2.75, 3.05) is 6.54 Å². The topological polar surface area (TPSA) is 110 Å². The molecular formula is C22H21ClN2O5S. The number of benzene rings is 3. The van der Waals surface area contributed by atoms with Gasteiger partial charge in [-0.3, -0.25) is 0 Å². The highest BCUT2D eigenvalue weighted by molar-refractivity contribution is 7.89. The lowest BCUT2D eigenvalue weighted by Gasteiger charge is -2.28. The number of sulfonamides is 1. The summed E-state index contributed by atoms with van der Waals surface area (Å²) in [5.41, 5.74) is 6.31. The highest BCUT2D eigenvalue weighted by Gasteiger charge is 2.28. The number of carboxylic acid groups (broad SMARTS) is 1. The maximum Gasteiger partial charge on any atom is 0.402 e. The second-order valence-electron chi connectivity index (χ2n) is 6.72. The number of halogens is 1. The van der Waals surface area contributed by atoms with E-state index in [1.165, 1.54) is 9.87 Å². The Morgan fingerprint density at radius 2 is 1.45 bits per heavy atom. The van der Waals surface area contributed by atoms with Gasteiger partial charge in [-0.2, -0.15) is 4.31 Å². The van der Waals surface area contributed by atoms with E-state index in [0.717, 1.165) is 12.0 Å². The van der Waals surface area contributed by atoms with E-state index in [2.05, 4.69) is 11.8 Å². The second-order valence-corrected chi connectivity index (χ2v) is 9.10. The Balaban J connectivity index is 0.000000628. The van der Waals surface area contributed by atoms with Crippen LogP contribution in [-0.4, -0.2) is 30.5 Å². The number of hydrogen-bond donors (Lipinski definition) is 2. The van der Waals surface area contributed by atoms with Crippen molar-refractivity contribution in [1.29, 1.82) is 0 Å². The first-order chi connectivity index (χ1) is 14.8. The Labute approximate surface area is 185 Å². The number of ether oxygens (including phenoxy) is 1. The van der Waals surface area contributed by atoms with E-state index in [0.29, 0.717) is 29.6 Å². The maximum atomic E-state index is 13.0. The molecular weight excluding hydrogens is 440 g/mol. The number of primary amides is 1. The molecule has 0 aliphatic carbocycles. The van der Waals surface area contributed by atoms with Crippen molar-refractivity contribution in [2.24, 2.45) is 5.73 Å². The molecule has 0 fully saturated rings. The quantitative estimate of drug-likeness (QED) is 0.595. The minimum Gasteiger partial charge on any atom is -0.465 e. The van der Waals surface area contributed by atoms with Crippen LogP contribution in [-0.2, 0) is 23.0 Å². The number of amides is 1. The van der Waals surface area contributed by atoms with Gasteiger partial charge < -0.3 is 15.6 Å². The van der Waals surface area contributed by atoms with Gasteiger partial charge in [0.2, 0.25) is 10.0 Å². The molecule has 1 aliphatic rings. The monoisotopic (exact) mass is 460 g/mol. The molecule has 3 N–H and O–H groups in total. The van der Waals surface area contributed by atoms with Crippen LogP contribution in [0.25, 0.3) is 0 Å². The molecule has 0 saturated carbocycles. The normalized spacial score (nSPS) is 13.5. The largest absolute Gasteiger partial charge is 0.465 e. The average molecular weight is 461 g/mol. The predicted molar refractivity (Wildman–Crippen MR) is 118 cm³/mol. The maximum absolute atomic E-state index is 13.0. The van der Waals surface area contributed by atoms with Crippen LogP contribution >= 0.6 is 11.6 Å². The molecule has 0 saturated heterocycles. The number of carbonyl (C=O) groups is 1. The van der Waals surface area contributed by atoms with Crippen LogP contribution in [0.15, 0.2) is 77.7 Å². The minimum absolute atomic E-state index is 0.269. The molecule has 0 radical (unpaired) electrons. The van der Waals surface area contributed by atoms with Crippen LogP contribution < -0.4 is 10.5 Å². The van der Waals surface area contributed by atoms with Gasteiger partial charge in [0.1, 0.15) is 11.5 Å². The lowest BCUT2D eigenvalue weighted by molar-refractivity contribution is 0.205. The van der Waals surface area contributed by atoms with Crippen molar-refractivity contribution in [3.8, 4) is 11.5 Å². The molecule has 0 aromatic heterocycles. The Morgan fingerprint density at radius 3 is 2.03 bits per heavy atom. The van der Waals surface area contributed by atoms with Crippen molar-refractivity contribution in [1.82, 2.24) is 4.31 Å². The van der Waals surface area contributed by atoms with Gasteiger partial charge in [0, 0.05) is 18.1 Å². The molecule has 0 spiro atoms. The molecule has 0 bridgehead atoms. The van der Waals surface area contributed by atoms with Gasteiger partial charge in [0.25, 0.3) is 0 Å². The molecule has 9 heteroatoms. The Hall–Kier alpha value is -3.07. The highest BCUT2D eigenvalue weighted by atomic mass is 35.5. The van der Waals surface area contributed by atoms with Crippen LogP contribution in [0, 0.1) is 0 Å². The first-order valence-corrected chi connectivity index (χ1v) is 11.2. The molecule has 162 valence electrons.